The highest BCUT2D eigenvalue weighted by molar-refractivity contribution is 5.92. The topological polar surface area (TPSA) is 49.9 Å². The van der Waals surface area contributed by atoms with Gasteiger partial charge in [-0.15, -0.1) is 0 Å². The molecule has 5 nitrogen and oxygen atoms in total. The zero-order valence-electron chi connectivity index (χ0n) is 16.2. The average Bonchev–Trinajstić information content (AvgIpc) is 2.73. The summed E-state index contributed by atoms with van der Waals surface area (Å²) in [7, 11) is 0. The molecule has 0 aliphatic carbocycles. The number of nitrogens with zero attached hydrogens (tertiary/aromatic N) is 2. The Kier molecular flexibility index (Phi) is 6.91. The molecule has 2 amide bonds. The lowest BCUT2D eigenvalue weighted by molar-refractivity contribution is -0.140. The van der Waals surface area contributed by atoms with Crippen molar-refractivity contribution >= 4 is 17.9 Å². The predicted molar refractivity (Wildman–Crippen MR) is 106 cm³/mol. The summed E-state index contributed by atoms with van der Waals surface area (Å²) in [6.07, 6.45) is 8.50. The Bertz CT molecular complexity index is 655. The van der Waals surface area contributed by atoms with E-state index in [1.54, 1.807) is 6.08 Å². The van der Waals surface area contributed by atoms with Crippen LogP contribution in [0.4, 0.5) is 0 Å². The number of likely N-dealkylation sites (tertiary alicyclic amines) is 2. The second kappa shape index (κ2) is 9.58. The summed E-state index contributed by atoms with van der Waals surface area (Å²) in [5, 5.41) is 0. The molecule has 5 heteroatoms. The molecule has 0 saturated carbocycles. The van der Waals surface area contributed by atoms with Gasteiger partial charge in [-0.05, 0) is 62.8 Å². The van der Waals surface area contributed by atoms with Gasteiger partial charge in [-0.2, -0.15) is 0 Å². The third kappa shape index (κ3) is 5.34. The van der Waals surface area contributed by atoms with Crippen LogP contribution in [0.5, 0.6) is 5.75 Å². The number of piperidine rings is 2. The number of benzene rings is 1. The molecule has 27 heavy (non-hydrogen) atoms. The van der Waals surface area contributed by atoms with E-state index in [0.29, 0.717) is 25.6 Å². The van der Waals surface area contributed by atoms with Gasteiger partial charge in [-0.25, -0.2) is 0 Å². The van der Waals surface area contributed by atoms with E-state index in [-0.39, 0.29) is 11.8 Å². The van der Waals surface area contributed by atoms with Crippen molar-refractivity contribution in [2.24, 2.45) is 5.92 Å². The van der Waals surface area contributed by atoms with E-state index in [1.807, 2.05) is 47.1 Å². The van der Waals surface area contributed by atoms with Crippen LogP contribution in [0.1, 0.15) is 44.6 Å². The Morgan fingerprint density at radius 3 is 2.30 bits per heavy atom. The summed E-state index contributed by atoms with van der Waals surface area (Å²) in [6, 6.07) is 7.70. The normalized spacial score (nSPS) is 18.7. The highest BCUT2D eigenvalue weighted by atomic mass is 16.5. The first-order valence-corrected chi connectivity index (χ1v) is 10.2. The highest BCUT2D eigenvalue weighted by Gasteiger charge is 2.30. The minimum absolute atomic E-state index is 0.0211. The Morgan fingerprint density at radius 2 is 1.67 bits per heavy atom. The van der Waals surface area contributed by atoms with Crippen LogP contribution in [0.3, 0.4) is 0 Å². The zero-order valence-corrected chi connectivity index (χ0v) is 16.2. The van der Waals surface area contributed by atoms with Gasteiger partial charge in [0.05, 0.1) is 6.61 Å². The summed E-state index contributed by atoms with van der Waals surface area (Å²) in [5.74, 6) is 1.24. The molecule has 2 heterocycles. The van der Waals surface area contributed by atoms with Crippen molar-refractivity contribution in [2.45, 2.75) is 39.0 Å². The Labute approximate surface area is 162 Å². The molecule has 1 aromatic carbocycles. The second-order valence-corrected chi connectivity index (χ2v) is 7.32. The average molecular weight is 370 g/mol. The molecule has 3 rings (SSSR count). The minimum atomic E-state index is 0.0211. The van der Waals surface area contributed by atoms with E-state index < -0.39 is 0 Å². The largest absolute Gasteiger partial charge is 0.494 e. The van der Waals surface area contributed by atoms with Gasteiger partial charge in [0.25, 0.3) is 0 Å². The quantitative estimate of drug-likeness (QED) is 0.747. The number of carbonyl (C=O) groups excluding carboxylic acids is 2. The lowest BCUT2D eigenvalue weighted by Gasteiger charge is -2.35. The first-order chi connectivity index (χ1) is 13.2. The van der Waals surface area contributed by atoms with E-state index in [1.165, 1.54) is 6.42 Å². The molecule has 0 bridgehead atoms. The summed E-state index contributed by atoms with van der Waals surface area (Å²) in [6.45, 7) is 5.73. The number of ether oxygens (including phenoxy) is 1. The molecule has 1 aromatic rings. The molecule has 0 aromatic heterocycles. The lowest BCUT2D eigenvalue weighted by atomic mass is 9.94. The van der Waals surface area contributed by atoms with Crippen molar-refractivity contribution in [1.29, 1.82) is 0 Å². The Balaban J connectivity index is 1.47. The van der Waals surface area contributed by atoms with Crippen LogP contribution < -0.4 is 4.74 Å². The van der Waals surface area contributed by atoms with Crippen LogP contribution in [-0.4, -0.2) is 54.4 Å². The fourth-order valence-electron chi connectivity index (χ4n) is 3.83. The van der Waals surface area contributed by atoms with Crippen molar-refractivity contribution in [3.05, 3.63) is 35.9 Å². The molecule has 2 fully saturated rings. The maximum absolute atomic E-state index is 12.6. The van der Waals surface area contributed by atoms with Gasteiger partial charge >= 0.3 is 0 Å². The van der Waals surface area contributed by atoms with Crippen molar-refractivity contribution in [3.8, 4) is 5.75 Å². The number of rotatable bonds is 5. The van der Waals surface area contributed by atoms with Gasteiger partial charge in [0.15, 0.2) is 0 Å². The molecule has 2 aliphatic rings. The number of hydrogen-bond donors (Lipinski definition) is 0. The van der Waals surface area contributed by atoms with Crippen LogP contribution in [0.25, 0.3) is 6.08 Å². The summed E-state index contributed by atoms with van der Waals surface area (Å²) in [4.78, 5) is 28.9. The zero-order chi connectivity index (χ0) is 19.1. The van der Waals surface area contributed by atoms with Gasteiger partial charge in [-0.3, -0.25) is 9.59 Å². The van der Waals surface area contributed by atoms with E-state index >= 15 is 0 Å². The van der Waals surface area contributed by atoms with E-state index in [2.05, 4.69) is 0 Å². The SMILES string of the molecule is CCOc1ccc(C=CC(=O)N2CCC(C(=O)N3CCCCC3)CC2)cc1. The molecule has 2 saturated heterocycles. The lowest BCUT2D eigenvalue weighted by Crippen LogP contribution is -2.45. The number of amides is 2. The third-order valence-corrected chi connectivity index (χ3v) is 5.43. The standard InChI is InChI=1S/C22H30N2O3/c1-2-27-20-9-6-18(7-10-20)8-11-21(25)23-16-12-19(13-17-23)22(26)24-14-4-3-5-15-24/h6-11,19H,2-5,12-17H2,1H3. The Hall–Kier alpha value is -2.30. The summed E-state index contributed by atoms with van der Waals surface area (Å²) in [5.41, 5.74) is 0.974. The summed E-state index contributed by atoms with van der Waals surface area (Å²) < 4.78 is 5.42. The smallest absolute Gasteiger partial charge is 0.246 e. The predicted octanol–water partition coefficient (Wildman–Crippen LogP) is 3.35. The summed E-state index contributed by atoms with van der Waals surface area (Å²) >= 11 is 0. The van der Waals surface area contributed by atoms with Crippen molar-refractivity contribution in [1.82, 2.24) is 9.80 Å². The molecule has 146 valence electrons. The maximum atomic E-state index is 12.6. The van der Waals surface area contributed by atoms with Crippen molar-refractivity contribution in [3.63, 3.8) is 0 Å². The van der Waals surface area contributed by atoms with Gasteiger partial charge in [0, 0.05) is 38.2 Å². The van der Waals surface area contributed by atoms with Crippen LogP contribution in [-0.2, 0) is 9.59 Å². The van der Waals surface area contributed by atoms with E-state index in [4.69, 9.17) is 4.74 Å². The molecule has 0 unspecified atom stereocenters. The van der Waals surface area contributed by atoms with Crippen LogP contribution in [0.15, 0.2) is 30.3 Å². The first kappa shape index (κ1) is 19.5. The molecule has 2 aliphatic heterocycles. The highest BCUT2D eigenvalue weighted by Crippen LogP contribution is 2.22. The molecular formula is C22H30N2O3. The molecule has 0 atom stereocenters. The van der Waals surface area contributed by atoms with E-state index in [0.717, 1.165) is 50.1 Å². The Morgan fingerprint density at radius 1 is 1.00 bits per heavy atom. The second-order valence-electron chi connectivity index (χ2n) is 7.32. The van der Waals surface area contributed by atoms with Crippen molar-refractivity contribution in [2.75, 3.05) is 32.8 Å². The van der Waals surface area contributed by atoms with Gasteiger partial charge < -0.3 is 14.5 Å². The van der Waals surface area contributed by atoms with Gasteiger partial charge in [0.1, 0.15) is 5.75 Å². The van der Waals surface area contributed by atoms with Crippen LogP contribution in [0.2, 0.25) is 0 Å². The monoisotopic (exact) mass is 370 g/mol. The van der Waals surface area contributed by atoms with Crippen LogP contribution in [0, 0.1) is 5.92 Å². The van der Waals surface area contributed by atoms with Gasteiger partial charge in [-0.1, -0.05) is 12.1 Å². The van der Waals surface area contributed by atoms with Gasteiger partial charge in [0.2, 0.25) is 11.8 Å². The fraction of sp³-hybridized carbons (Fsp3) is 0.545. The molecule has 0 spiro atoms. The van der Waals surface area contributed by atoms with Crippen LogP contribution >= 0.6 is 0 Å². The number of hydrogen-bond acceptors (Lipinski definition) is 3. The first-order valence-electron chi connectivity index (χ1n) is 10.2. The number of carbonyl (C=O) groups is 2. The van der Waals surface area contributed by atoms with Crippen molar-refractivity contribution < 1.29 is 14.3 Å². The molecular weight excluding hydrogens is 340 g/mol. The fourth-order valence-corrected chi connectivity index (χ4v) is 3.83. The molecule has 0 N–H and O–H groups in total. The maximum Gasteiger partial charge on any atom is 0.246 e. The minimum Gasteiger partial charge on any atom is -0.494 e. The van der Waals surface area contributed by atoms with E-state index in [9.17, 15) is 9.59 Å². The molecule has 0 radical (unpaired) electrons. The third-order valence-electron chi connectivity index (χ3n) is 5.43.